The number of hydrogen-bond acceptors (Lipinski definition) is 3. The van der Waals surface area contributed by atoms with Crippen LogP contribution < -0.4 is 5.32 Å². The highest BCUT2D eigenvalue weighted by Gasteiger charge is 2.23. The highest BCUT2D eigenvalue weighted by Crippen LogP contribution is 2.15. The minimum absolute atomic E-state index is 0.137. The van der Waals surface area contributed by atoms with Crippen LogP contribution in [0.5, 0.6) is 0 Å². The molecule has 0 aliphatic carbocycles. The second-order valence-corrected chi connectivity index (χ2v) is 6.25. The Balaban J connectivity index is 1.87. The highest BCUT2D eigenvalue weighted by atomic mass is 19.1. The second-order valence-electron chi connectivity index (χ2n) is 6.25. The molecule has 1 fully saturated rings. The fraction of sp³-hybridized carbons (Fsp3) is 0.529. The van der Waals surface area contributed by atoms with Gasteiger partial charge in [-0.2, -0.15) is 0 Å². The van der Waals surface area contributed by atoms with Gasteiger partial charge >= 0.3 is 5.97 Å². The minimum Gasteiger partial charge on any atom is -0.480 e. The molecule has 0 spiro atoms. The summed E-state index contributed by atoms with van der Waals surface area (Å²) in [5, 5.41) is 11.8. The first-order chi connectivity index (χ1) is 10.9. The fourth-order valence-corrected chi connectivity index (χ4v) is 2.72. The number of likely N-dealkylation sites (tertiary alicyclic amines) is 1. The number of nitrogens with zero attached hydrogens (tertiary/aromatic N) is 1. The molecule has 1 atom stereocenters. The molecule has 1 saturated heterocycles. The third-order valence-corrected chi connectivity index (χ3v) is 4.23. The largest absolute Gasteiger partial charge is 0.480 e. The van der Waals surface area contributed by atoms with Gasteiger partial charge in [0.25, 0.3) is 0 Å². The normalized spacial score (nSPS) is 17.7. The number of carbonyl (C=O) groups excluding carboxylic acids is 1. The summed E-state index contributed by atoms with van der Waals surface area (Å²) >= 11 is 0. The maximum absolute atomic E-state index is 12.9. The van der Waals surface area contributed by atoms with Crippen LogP contribution in [-0.4, -0.2) is 47.6 Å². The van der Waals surface area contributed by atoms with Crippen LogP contribution in [0.15, 0.2) is 24.3 Å². The number of benzene rings is 1. The topological polar surface area (TPSA) is 69.6 Å². The average molecular weight is 322 g/mol. The van der Waals surface area contributed by atoms with E-state index in [1.165, 1.54) is 24.3 Å². The van der Waals surface area contributed by atoms with Crippen LogP contribution in [0.3, 0.4) is 0 Å². The summed E-state index contributed by atoms with van der Waals surface area (Å²) in [5.41, 5.74) is 0.672. The molecule has 126 valence electrons. The van der Waals surface area contributed by atoms with Gasteiger partial charge in [-0.15, -0.1) is 0 Å². The van der Waals surface area contributed by atoms with E-state index >= 15 is 0 Å². The number of carboxylic acids is 1. The van der Waals surface area contributed by atoms with E-state index < -0.39 is 12.0 Å². The standard InChI is InChI=1S/C17H23FN2O3/c1-12-6-8-20(9-7-12)11-16(21)19-15(17(22)23)10-13-2-4-14(18)5-3-13/h2-5,12,15H,6-11H2,1H3,(H,19,21)(H,22,23). The second kappa shape index (κ2) is 8.06. The van der Waals surface area contributed by atoms with E-state index in [0.717, 1.165) is 25.9 Å². The Morgan fingerprint density at radius 2 is 1.91 bits per heavy atom. The molecule has 1 unspecified atom stereocenters. The molecular weight excluding hydrogens is 299 g/mol. The van der Waals surface area contributed by atoms with Crippen molar-refractivity contribution in [3.63, 3.8) is 0 Å². The molecule has 1 heterocycles. The lowest BCUT2D eigenvalue weighted by Gasteiger charge is -2.29. The molecule has 1 aliphatic rings. The molecule has 2 rings (SSSR count). The lowest BCUT2D eigenvalue weighted by atomic mass is 9.99. The van der Waals surface area contributed by atoms with E-state index in [1.807, 2.05) is 4.90 Å². The first-order valence-electron chi connectivity index (χ1n) is 7.93. The molecule has 2 N–H and O–H groups in total. The third-order valence-electron chi connectivity index (χ3n) is 4.23. The van der Waals surface area contributed by atoms with Crippen molar-refractivity contribution in [2.45, 2.75) is 32.2 Å². The van der Waals surface area contributed by atoms with E-state index in [0.29, 0.717) is 11.5 Å². The molecule has 1 aromatic carbocycles. The van der Waals surface area contributed by atoms with Crippen molar-refractivity contribution in [1.29, 1.82) is 0 Å². The Morgan fingerprint density at radius 1 is 1.30 bits per heavy atom. The molecule has 23 heavy (non-hydrogen) atoms. The number of amides is 1. The van der Waals surface area contributed by atoms with Gasteiger partial charge in [-0.1, -0.05) is 19.1 Å². The van der Waals surface area contributed by atoms with E-state index in [9.17, 15) is 19.1 Å². The summed E-state index contributed by atoms with van der Waals surface area (Å²) in [5.74, 6) is -1.06. The number of aliphatic carboxylic acids is 1. The van der Waals surface area contributed by atoms with E-state index in [-0.39, 0.29) is 24.7 Å². The third kappa shape index (κ3) is 5.63. The fourth-order valence-electron chi connectivity index (χ4n) is 2.72. The van der Waals surface area contributed by atoms with Crippen LogP contribution in [0.4, 0.5) is 4.39 Å². The summed E-state index contributed by atoms with van der Waals surface area (Å²) in [4.78, 5) is 25.5. The van der Waals surface area contributed by atoms with Crippen molar-refractivity contribution in [1.82, 2.24) is 10.2 Å². The quantitative estimate of drug-likeness (QED) is 0.836. The number of halogens is 1. The lowest BCUT2D eigenvalue weighted by Crippen LogP contribution is -2.47. The molecule has 0 aromatic heterocycles. The van der Waals surface area contributed by atoms with E-state index in [2.05, 4.69) is 12.2 Å². The molecule has 0 saturated carbocycles. The number of rotatable bonds is 6. The molecular formula is C17H23FN2O3. The summed E-state index contributed by atoms with van der Waals surface area (Å²) < 4.78 is 12.9. The van der Waals surface area contributed by atoms with Crippen LogP contribution in [-0.2, 0) is 16.0 Å². The first-order valence-corrected chi connectivity index (χ1v) is 7.93. The predicted octanol–water partition coefficient (Wildman–Crippen LogP) is 1.67. The van der Waals surface area contributed by atoms with Crippen molar-refractivity contribution in [2.75, 3.05) is 19.6 Å². The van der Waals surface area contributed by atoms with Gasteiger partial charge in [-0.25, -0.2) is 9.18 Å². The van der Waals surface area contributed by atoms with Crippen LogP contribution in [0.25, 0.3) is 0 Å². The zero-order valence-corrected chi connectivity index (χ0v) is 13.3. The van der Waals surface area contributed by atoms with E-state index in [4.69, 9.17) is 0 Å². The summed E-state index contributed by atoms with van der Waals surface area (Å²) in [6.07, 6.45) is 2.26. The molecule has 0 bridgehead atoms. The van der Waals surface area contributed by atoms with Gasteiger partial charge in [0.15, 0.2) is 0 Å². The Morgan fingerprint density at radius 3 is 2.48 bits per heavy atom. The van der Waals surface area contributed by atoms with Crippen LogP contribution >= 0.6 is 0 Å². The van der Waals surface area contributed by atoms with Gasteiger partial charge < -0.3 is 10.4 Å². The molecule has 5 nitrogen and oxygen atoms in total. The number of piperidine rings is 1. The summed E-state index contributed by atoms with van der Waals surface area (Å²) in [6, 6.07) is 4.62. The van der Waals surface area contributed by atoms with Gasteiger partial charge in [-0.05, 0) is 49.5 Å². The number of carboxylic acid groups (broad SMARTS) is 1. The predicted molar refractivity (Wildman–Crippen MR) is 84.5 cm³/mol. The smallest absolute Gasteiger partial charge is 0.326 e. The maximum atomic E-state index is 12.9. The molecule has 0 radical (unpaired) electrons. The van der Waals surface area contributed by atoms with Crippen molar-refractivity contribution >= 4 is 11.9 Å². The Kier molecular flexibility index (Phi) is 6.10. The molecule has 6 heteroatoms. The number of nitrogens with one attached hydrogen (secondary N) is 1. The highest BCUT2D eigenvalue weighted by molar-refractivity contribution is 5.84. The average Bonchev–Trinajstić information content (AvgIpc) is 2.51. The Bertz CT molecular complexity index is 539. The molecule has 1 amide bonds. The number of hydrogen-bond donors (Lipinski definition) is 2. The van der Waals surface area contributed by atoms with Gasteiger partial charge in [0.2, 0.25) is 5.91 Å². The maximum Gasteiger partial charge on any atom is 0.326 e. The van der Waals surface area contributed by atoms with Gasteiger partial charge in [0.05, 0.1) is 6.54 Å². The molecule has 1 aromatic rings. The molecule has 1 aliphatic heterocycles. The monoisotopic (exact) mass is 322 g/mol. The van der Waals surface area contributed by atoms with Crippen molar-refractivity contribution in [2.24, 2.45) is 5.92 Å². The Labute approximate surface area is 135 Å². The zero-order valence-electron chi connectivity index (χ0n) is 13.3. The zero-order chi connectivity index (χ0) is 16.8. The van der Waals surface area contributed by atoms with Crippen molar-refractivity contribution in [3.05, 3.63) is 35.6 Å². The van der Waals surface area contributed by atoms with Crippen LogP contribution in [0, 0.1) is 11.7 Å². The van der Waals surface area contributed by atoms with Crippen molar-refractivity contribution in [3.8, 4) is 0 Å². The lowest BCUT2D eigenvalue weighted by molar-refractivity contribution is -0.142. The van der Waals surface area contributed by atoms with Crippen molar-refractivity contribution < 1.29 is 19.1 Å². The van der Waals surface area contributed by atoms with Gasteiger partial charge in [0, 0.05) is 6.42 Å². The van der Waals surface area contributed by atoms with Gasteiger partial charge in [-0.3, -0.25) is 9.69 Å². The SMILES string of the molecule is CC1CCN(CC(=O)NC(Cc2ccc(F)cc2)C(=O)O)CC1. The Hall–Kier alpha value is -1.95. The summed E-state index contributed by atoms with van der Waals surface area (Å²) in [7, 11) is 0. The van der Waals surface area contributed by atoms with Crippen LogP contribution in [0.1, 0.15) is 25.3 Å². The first kappa shape index (κ1) is 17.4. The summed E-state index contributed by atoms with van der Waals surface area (Å²) in [6.45, 7) is 4.15. The van der Waals surface area contributed by atoms with Crippen LogP contribution in [0.2, 0.25) is 0 Å². The van der Waals surface area contributed by atoms with Gasteiger partial charge in [0.1, 0.15) is 11.9 Å². The number of carbonyl (C=O) groups is 2. The minimum atomic E-state index is -1.09. The van der Waals surface area contributed by atoms with E-state index in [1.54, 1.807) is 0 Å².